The van der Waals surface area contributed by atoms with Crippen LogP contribution in [-0.4, -0.2) is 18.7 Å². The highest BCUT2D eigenvalue weighted by Gasteiger charge is 2.06. The molecule has 0 spiro atoms. The standard InChI is InChI=1S/C19H13Cl3N2O3/c20-13-3-1-12(2-4-13)17-8-6-15(27-17)10-23-24-19(25)11-26-18-7-5-14(21)9-16(18)22/h1-10H,11H2,(H,24,25). The van der Waals surface area contributed by atoms with Crippen LogP contribution in [0.4, 0.5) is 0 Å². The zero-order valence-corrected chi connectivity index (χ0v) is 16.1. The Balaban J connectivity index is 1.51. The van der Waals surface area contributed by atoms with E-state index in [1.165, 1.54) is 12.3 Å². The first-order chi connectivity index (χ1) is 13.0. The van der Waals surface area contributed by atoms with E-state index in [0.29, 0.717) is 32.3 Å². The van der Waals surface area contributed by atoms with Crippen molar-refractivity contribution in [1.29, 1.82) is 0 Å². The Labute approximate surface area is 170 Å². The highest BCUT2D eigenvalue weighted by atomic mass is 35.5. The zero-order chi connectivity index (χ0) is 19.2. The molecule has 5 nitrogen and oxygen atoms in total. The van der Waals surface area contributed by atoms with Crippen LogP contribution in [0.1, 0.15) is 5.76 Å². The van der Waals surface area contributed by atoms with Gasteiger partial charge in [-0.05, 0) is 54.6 Å². The molecule has 0 unspecified atom stereocenters. The lowest BCUT2D eigenvalue weighted by Crippen LogP contribution is -2.24. The first kappa shape index (κ1) is 19.3. The number of hydrogen-bond donors (Lipinski definition) is 1. The second-order valence-electron chi connectivity index (χ2n) is 5.37. The maximum absolute atomic E-state index is 11.8. The second kappa shape index (κ2) is 8.95. The third-order valence-corrected chi connectivity index (χ3v) is 4.17. The van der Waals surface area contributed by atoms with Crippen LogP contribution in [0, 0.1) is 0 Å². The minimum absolute atomic E-state index is 0.243. The third-order valence-electron chi connectivity index (χ3n) is 3.39. The summed E-state index contributed by atoms with van der Waals surface area (Å²) < 4.78 is 11.0. The van der Waals surface area contributed by atoms with Crippen molar-refractivity contribution in [3.63, 3.8) is 0 Å². The number of carbonyl (C=O) groups is 1. The van der Waals surface area contributed by atoms with Crippen LogP contribution in [0.5, 0.6) is 5.75 Å². The number of hydrazone groups is 1. The Hall–Kier alpha value is -2.47. The topological polar surface area (TPSA) is 63.8 Å². The summed E-state index contributed by atoms with van der Waals surface area (Å²) in [6.45, 7) is -0.243. The summed E-state index contributed by atoms with van der Waals surface area (Å²) in [4.78, 5) is 11.8. The van der Waals surface area contributed by atoms with Gasteiger partial charge in [-0.2, -0.15) is 5.10 Å². The molecule has 0 saturated carbocycles. The monoisotopic (exact) mass is 422 g/mol. The van der Waals surface area contributed by atoms with Crippen LogP contribution in [0.15, 0.2) is 64.1 Å². The Morgan fingerprint density at radius 2 is 1.78 bits per heavy atom. The fourth-order valence-electron chi connectivity index (χ4n) is 2.13. The molecule has 0 aliphatic carbocycles. The van der Waals surface area contributed by atoms with E-state index in [4.69, 9.17) is 44.0 Å². The number of hydrogen-bond acceptors (Lipinski definition) is 4. The van der Waals surface area contributed by atoms with E-state index < -0.39 is 5.91 Å². The summed E-state index contributed by atoms with van der Waals surface area (Å²) in [6.07, 6.45) is 1.40. The van der Waals surface area contributed by atoms with Crippen LogP contribution in [0.25, 0.3) is 11.3 Å². The Kier molecular flexibility index (Phi) is 6.40. The highest BCUT2D eigenvalue weighted by Crippen LogP contribution is 2.27. The van der Waals surface area contributed by atoms with Crippen molar-refractivity contribution in [3.05, 3.63) is 75.4 Å². The van der Waals surface area contributed by atoms with Crippen molar-refractivity contribution in [1.82, 2.24) is 5.43 Å². The van der Waals surface area contributed by atoms with E-state index in [1.807, 2.05) is 12.1 Å². The van der Waals surface area contributed by atoms with Gasteiger partial charge in [-0.3, -0.25) is 4.79 Å². The van der Waals surface area contributed by atoms with Crippen LogP contribution in [0.2, 0.25) is 15.1 Å². The van der Waals surface area contributed by atoms with Gasteiger partial charge in [-0.15, -0.1) is 0 Å². The van der Waals surface area contributed by atoms with Crippen LogP contribution < -0.4 is 10.2 Å². The number of furan rings is 1. The molecule has 0 aliphatic heterocycles. The van der Waals surface area contributed by atoms with Gasteiger partial charge >= 0.3 is 0 Å². The van der Waals surface area contributed by atoms with Crippen LogP contribution >= 0.6 is 34.8 Å². The average molecular weight is 424 g/mol. The Morgan fingerprint density at radius 3 is 2.52 bits per heavy atom. The normalized spacial score (nSPS) is 10.9. The molecule has 1 heterocycles. The highest BCUT2D eigenvalue weighted by molar-refractivity contribution is 6.35. The van der Waals surface area contributed by atoms with Gasteiger partial charge in [0, 0.05) is 15.6 Å². The van der Waals surface area contributed by atoms with E-state index >= 15 is 0 Å². The lowest BCUT2D eigenvalue weighted by Gasteiger charge is -2.06. The van der Waals surface area contributed by atoms with Gasteiger partial charge in [0.15, 0.2) is 6.61 Å². The molecule has 0 aliphatic rings. The van der Waals surface area contributed by atoms with Gasteiger partial charge in [0.1, 0.15) is 17.3 Å². The number of benzene rings is 2. The van der Waals surface area contributed by atoms with Gasteiger partial charge < -0.3 is 9.15 Å². The van der Waals surface area contributed by atoms with E-state index in [9.17, 15) is 4.79 Å². The molecule has 3 rings (SSSR count). The quantitative estimate of drug-likeness (QED) is 0.424. The number of nitrogens with zero attached hydrogens (tertiary/aromatic N) is 1. The average Bonchev–Trinajstić information content (AvgIpc) is 3.10. The van der Waals surface area contributed by atoms with Crippen molar-refractivity contribution in [2.24, 2.45) is 5.10 Å². The minimum atomic E-state index is -0.443. The Morgan fingerprint density at radius 1 is 1.04 bits per heavy atom. The first-order valence-corrected chi connectivity index (χ1v) is 8.90. The molecule has 0 saturated heterocycles. The summed E-state index contributed by atoms with van der Waals surface area (Å²) in [5.74, 6) is 1.07. The lowest BCUT2D eigenvalue weighted by molar-refractivity contribution is -0.123. The van der Waals surface area contributed by atoms with Crippen molar-refractivity contribution in [3.8, 4) is 17.1 Å². The molecule has 1 N–H and O–H groups in total. The summed E-state index contributed by atoms with van der Waals surface area (Å²) in [5, 5.41) is 5.30. The summed E-state index contributed by atoms with van der Waals surface area (Å²) >= 11 is 17.6. The molecule has 0 atom stereocenters. The first-order valence-electron chi connectivity index (χ1n) is 7.77. The zero-order valence-electron chi connectivity index (χ0n) is 13.8. The second-order valence-corrected chi connectivity index (χ2v) is 6.65. The van der Waals surface area contributed by atoms with Crippen molar-refractivity contribution >= 4 is 46.9 Å². The molecule has 3 aromatic rings. The summed E-state index contributed by atoms with van der Waals surface area (Å²) in [6, 6.07) is 15.5. The van der Waals surface area contributed by atoms with Gasteiger partial charge in [0.2, 0.25) is 0 Å². The fourth-order valence-corrected chi connectivity index (χ4v) is 2.72. The molecule has 0 fully saturated rings. The van der Waals surface area contributed by atoms with E-state index in [1.54, 1.807) is 36.4 Å². The molecule has 0 radical (unpaired) electrons. The molecule has 1 aromatic heterocycles. The molecule has 1 amide bonds. The van der Waals surface area contributed by atoms with Gasteiger partial charge in [0.05, 0.1) is 11.2 Å². The molecule has 8 heteroatoms. The Bertz CT molecular complexity index is 969. The van der Waals surface area contributed by atoms with Crippen LogP contribution in [-0.2, 0) is 4.79 Å². The molecular formula is C19H13Cl3N2O3. The third kappa shape index (κ3) is 5.50. The van der Waals surface area contributed by atoms with E-state index in [0.717, 1.165) is 5.56 Å². The predicted molar refractivity (Wildman–Crippen MR) is 107 cm³/mol. The maximum Gasteiger partial charge on any atom is 0.277 e. The van der Waals surface area contributed by atoms with Gasteiger partial charge in [-0.25, -0.2) is 5.43 Å². The molecule has 0 bridgehead atoms. The van der Waals surface area contributed by atoms with Gasteiger partial charge in [-0.1, -0.05) is 34.8 Å². The lowest BCUT2D eigenvalue weighted by atomic mass is 10.2. The van der Waals surface area contributed by atoms with Crippen molar-refractivity contribution < 1.29 is 13.9 Å². The van der Waals surface area contributed by atoms with Crippen molar-refractivity contribution in [2.75, 3.05) is 6.61 Å². The largest absolute Gasteiger partial charge is 0.482 e. The molecule has 138 valence electrons. The molecule has 27 heavy (non-hydrogen) atoms. The molecular weight excluding hydrogens is 411 g/mol. The number of halogens is 3. The van der Waals surface area contributed by atoms with Crippen LogP contribution in [0.3, 0.4) is 0 Å². The number of amides is 1. The molecule has 2 aromatic carbocycles. The fraction of sp³-hybridized carbons (Fsp3) is 0.0526. The predicted octanol–water partition coefficient (Wildman–Crippen LogP) is 5.44. The number of rotatable bonds is 6. The summed E-state index contributed by atoms with van der Waals surface area (Å²) in [7, 11) is 0. The SMILES string of the molecule is O=C(COc1ccc(Cl)cc1Cl)NN=Cc1ccc(-c2ccc(Cl)cc2)o1. The van der Waals surface area contributed by atoms with E-state index in [-0.39, 0.29) is 6.61 Å². The van der Waals surface area contributed by atoms with Crippen molar-refractivity contribution in [2.45, 2.75) is 0 Å². The van der Waals surface area contributed by atoms with Gasteiger partial charge in [0.25, 0.3) is 5.91 Å². The number of carbonyl (C=O) groups excluding carboxylic acids is 1. The van der Waals surface area contributed by atoms with E-state index in [2.05, 4.69) is 10.5 Å². The number of nitrogens with one attached hydrogen (secondary N) is 1. The smallest absolute Gasteiger partial charge is 0.277 e. The summed E-state index contributed by atoms with van der Waals surface area (Å²) in [5.41, 5.74) is 3.23. The number of ether oxygens (including phenoxy) is 1. The maximum atomic E-state index is 11.8. The minimum Gasteiger partial charge on any atom is -0.482 e.